The number of nitro benzene ring substituents is 1. The van der Waals surface area contributed by atoms with E-state index in [0.29, 0.717) is 6.61 Å². The Morgan fingerprint density at radius 1 is 1.21 bits per heavy atom. The van der Waals surface area contributed by atoms with Gasteiger partial charge in [-0.05, 0) is 35.4 Å². The van der Waals surface area contributed by atoms with Crippen molar-refractivity contribution < 1.29 is 14.4 Å². The zero-order valence-corrected chi connectivity index (χ0v) is 13.6. The lowest BCUT2D eigenvalue weighted by Crippen LogP contribution is -2.37. The summed E-state index contributed by atoms with van der Waals surface area (Å²) in [7, 11) is 1.66. The van der Waals surface area contributed by atoms with Crippen LogP contribution in [-0.2, 0) is 11.3 Å². The van der Waals surface area contributed by atoms with Crippen molar-refractivity contribution in [2.45, 2.75) is 12.6 Å². The van der Waals surface area contributed by atoms with E-state index in [9.17, 15) is 10.1 Å². The smallest absolute Gasteiger partial charge is 0.269 e. The lowest BCUT2D eigenvalue weighted by atomic mass is 10.1. The van der Waals surface area contributed by atoms with Crippen molar-refractivity contribution in [1.29, 1.82) is 0 Å². The van der Waals surface area contributed by atoms with Crippen LogP contribution in [0.3, 0.4) is 0 Å². The Balaban J connectivity index is 1.64. The summed E-state index contributed by atoms with van der Waals surface area (Å²) < 4.78 is 11.0. The van der Waals surface area contributed by atoms with Crippen LogP contribution in [0.4, 0.5) is 5.69 Å². The molecule has 6 heteroatoms. The molecule has 0 bridgehead atoms. The summed E-state index contributed by atoms with van der Waals surface area (Å²) in [5.41, 5.74) is 2.30. The van der Waals surface area contributed by atoms with Gasteiger partial charge in [0.25, 0.3) is 5.69 Å². The van der Waals surface area contributed by atoms with Gasteiger partial charge >= 0.3 is 0 Å². The highest BCUT2D eigenvalue weighted by Gasteiger charge is 2.22. The van der Waals surface area contributed by atoms with Gasteiger partial charge in [0.1, 0.15) is 5.75 Å². The highest BCUT2D eigenvalue weighted by molar-refractivity contribution is 5.34. The maximum atomic E-state index is 10.7. The Morgan fingerprint density at radius 2 is 1.92 bits per heavy atom. The SMILES string of the molecule is COc1ccc(CN2CCO[C@H](c3ccc([N+](=O)[O-])cc3)C2)cc1. The van der Waals surface area contributed by atoms with Crippen LogP contribution in [0.25, 0.3) is 0 Å². The van der Waals surface area contributed by atoms with Gasteiger partial charge in [0, 0.05) is 31.8 Å². The molecule has 2 aromatic carbocycles. The number of benzene rings is 2. The summed E-state index contributed by atoms with van der Waals surface area (Å²) in [5.74, 6) is 0.851. The van der Waals surface area contributed by atoms with Gasteiger partial charge in [-0.15, -0.1) is 0 Å². The highest BCUT2D eigenvalue weighted by Crippen LogP contribution is 2.25. The summed E-state index contributed by atoms with van der Waals surface area (Å²) >= 11 is 0. The molecule has 0 amide bonds. The monoisotopic (exact) mass is 328 g/mol. The molecule has 0 aromatic heterocycles. The second-order valence-corrected chi connectivity index (χ2v) is 5.79. The highest BCUT2D eigenvalue weighted by atomic mass is 16.6. The quantitative estimate of drug-likeness (QED) is 0.623. The molecule has 1 saturated heterocycles. The van der Waals surface area contributed by atoms with Gasteiger partial charge in [-0.3, -0.25) is 15.0 Å². The number of hydrogen-bond acceptors (Lipinski definition) is 5. The Morgan fingerprint density at radius 3 is 2.54 bits per heavy atom. The van der Waals surface area contributed by atoms with E-state index >= 15 is 0 Å². The molecule has 1 aliphatic heterocycles. The molecular weight excluding hydrogens is 308 g/mol. The normalized spacial score (nSPS) is 18.3. The first-order valence-electron chi connectivity index (χ1n) is 7.87. The van der Waals surface area contributed by atoms with Crippen LogP contribution in [-0.4, -0.2) is 36.6 Å². The van der Waals surface area contributed by atoms with Gasteiger partial charge in [0.2, 0.25) is 0 Å². The first-order valence-corrected chi connectivity index (χ1v) is 7.87. The first-order chi connectivity index (χ1) is 11.7. The number of morpholine rings is 1. The molecule has 0 radical (unpaired) electrons. The number of rotatable bonds is 5. The third kappa shape index (κ3) is 3.90. The average molecular weight is 328 g/mol. The van der Waals surface area contributed by atoms with Gasteiger partial charge in [-0.25, -0.2) is 0 Å². The molecule has 0 saturated carbocycles. The predicted octanol–water partition coefficient (Wildman–Crippen LogP) is 3.18. The van der Waals surface area contributed by atoms with E-state index in [1.54, 1.807) is 19.2 Å². The van der Waals surface area contributed by atoms with Gasteiger partial charge < -0.3 is 9.47 Å². The number of non-ortho nitro benzene ring substituents is 1. The molecule has 3 rings (SSSR count). The van der Waals surface area contributed by atoms with Crippen molar-refractivity contribution in [3.05, 3.63) is 69.8 Å². The van der Waals surface area contributed by atoms with Crippen LogP contribution < -0.4 is 4.74 Å². The van der Waals surface area contributed by atoms with E-state index in [0.717, 1.165) is 30.9 Å². The Labute approximate surface area is 140 Å². The van der Waals surface area contributed by atoms with Crippen LogP contribution in [0.5, 0.6) is 5.75 Å². The van der Waals surface area contributed by atoms with E-state index in [1.165, 1.54) is 17.7 Å². The zero-order valence-electron chi connectivity index (χ0n) is 13.6. The number of methoxy groups -OCH3 is 1. The molecule has 0 unspecified atom stereocenters. The summed E-state index contributed by atoms with van der Waals surface area (Å²) in [6.07, 6.45) is -0.0576. The van der Waals surface area contributed by atoms with Crippen molar-refractivity contribution in [2.75, 3.05) is 26.8 Å². The Kier molecular flexibility index (Phi) is 5.08. The minimum Gasteiger partial charge on any atom is -0.497 e. The molecule has 1 heterocycles. The summed E-state index contributed by atoms with van der Waals surface area (Å²) in [6, 6.07) is 14.7. The van der Waals surface area contributed by atoms with E-state index < -0.39 is 0 Å². The van der Waals surface area contributed by atoms with E-state index in [1.807, 2.05) is 12.1 Å². The third-order valence-electron chi connectivity index (χ3n) is 4.19. The molecular formula is C18H20N2O4. The fourth-order valence-electron chi connectivity index (χ4n) is 2.85. The number of nitro groups is 1. The minimum absolute atomic E-state index is 0.0576. The van der Waals surface area contributed by atoms with E-state index in [4.69, 9.17) is 9.47 Å². The van der Waals surface area contributed by atoms with Gasteiger partial charge in [0.15, 0.2) is 0 Å². The second kappa shape index (κ2) is 7.42. The molecule has 24 heavy (non-hydrogen) atoms. The van der Waals surface area contributed by atoms with Crippen molar-refractivity contribution in [3.8, 4) is 5.75 Å². The van der Waals surface area contributed by atoms with Crippen molar-refractivity contribution in [1.82, 2.24) is 4.90 Å². The summed E-state index contributed by atoms with van der Waals surface area (Å²) in [6.45, 7) is 3.13. The van der Waals surface area contributed by atoms with Crippen LogP contribution in [0.15, 0.2) is 48.5 Å². The average Bonchev–Trinajstić information content (AvgIpc) is 2.63. The van der Waals surface area contributed by atoms with Gasteiger partial charge in [0.05, 0.1) is 24.7 Å². The lowest BCUT2D eigenvalue weighted by Gasteiger charge is -2.33. The molecule has 126 valence electrons. The molecule has 0 aliphatic carbocycles. The third-order valence-corrected chi connectivity index (χ3v) is 4.19. The fourth-order valence-corrected chi connectivity index (χ4v) is 2.85. The van der Waals surface area contributed by atoms with Crippen molar-refractivity contribution in [2.24, 2.45) is 0 Å². The van der Waals surface area contributed by atoms with Crippen LogP contribution in [0, 0.1) is 10.1 Å². The largest absolute Gasteiger partial charge is 0.497 e. The van der Waals surface area contributed by atoms with Crippen LogP contribution in [0.1, 0.15) is 17.2 Å². The molecule has 2 aromatic rings. The van der Waals surface area contributed by atoms with Crippen molar-refractivity contribution in [3.63, 3.8) is 0 Å². The zero-order chi connectivity index (χ0) is 16.9. The second-order valence-electron chi connectivity index (χ2n) is 5.79. The topological polar surface area (TPSA) is 64.8 Å². The maximum absolute atomic E-state index is 10.7. The van der Waals surface area contributed by atoms with Crippen LogP contribution in [0.2, 0.25) is 0 Å². The van der Waals surface area contributed by atoms with Gasteiger partial charge in [-0.2, -0.15) is 0 Å². The summed E-state index contributed by atoms with van der Waals surface area (Å²) in [5, 5.41) is 10.7. The van der Waals surface area contributed by atoms with E-state index in [-0.39, 0.29) is 16.7 Å². The summed E-state index contributed by atoms with van der Waals surface area (Å²) in [4.78, 5) is 12.7. The van der Waals surface area contributed by atoms with Crippen LogP contribution >= 0.6 is 0 Å². The number of nitrogens with zero attached hydrogens (tertiary/aromatic N) is 2. The molecule has 6 nitrogen and oxygen atoms in total. The fraction of sp³-hybridized carbons (Fsp3) is 0.333. The standard InChI is InChI=1S/C18H20N2O4/c1-23-17-8-2-14(3-9-17)12-19-10-11-24-18(13-19)15-4-6-16(7-5-15)20(21)22/h2-9,18H,10-13H2,1H3/t18-/m0/s1. The number of ether oxygens (including phenoxy) is 2. The first kappa shape index (κ1) is 16.4. The maximum Gasteiger partial charge on any atom is 0.269 e. The molecule has 0 N–H and O–H groups in total. The van der Waals surface area contributed by atoms with E-state index in [2.05, 4.69) is 17.0 Å². The lowest BCUT2D eigenvalue weighted by molar-refractivity contribution is -0.384. The Hall–Kier alpha value is -2.44. The molecule has 1 fully saturated rings. The molecule has 1 atom stereocenters. The predicted molar refractivity (Wildman–Crippen MR) is 90.1 cm³/mol. The minimum atomic E-state index is -0.387. The number of hydrogen-bond donors (Lipinski definition) is 0. The Bertz CT molecular complexity index is 685. The molecule has 0 spiro atoms. The molecule has 1 aliphatic rings. The van der Waals surface area contributed by atoms with Crippen molar-refractivity contribution >= 4 is 5.69 Å². The van der Waals surface area contributed by atoms with Gasteiger partial charge in [-0.1, -0.05) is 12.1 Å².